The summed E-state index contributed by atoms with van der Waals surface area (Å²) in [6.07, 6.45) is 0.518. The monoisotopic (exact) mass is 184 g/mol. The molecule has 0 aromatic heterocycles. The van der Waals surface area contributed by atoms with E-state index in [1.54, 1.807) is 6.92 Å². The zero-order chi connectivity index (χ0) is 10.3. The van der Waals surface area contributed by atoms with E-state index in [2.05, 4.69) is 12.3 Å². The molecule has 0 aromatic rings. The maximum absolute atomic E-state index is 11.2. The maximum atomic E-state index is 11.2. The Morgan fingerprint density at radius 3 is 2.62 bits per heavy atom. The predicted octanol–water partition coefficient (Wildman–Crippen LogP) is 1.42. The molecule has 0 aliphatic carbocycles. The molecular formula is C10H16O3. The second-order valence-corrected chi connectivity index (χ2v) is 2.62. The van der Waals surface area contributed by atoms with Gasteiger partial charge in [0, 0.05) is 0 Å². The minimum Gasteiger partial charge on any atom is -0.462 e. The molecule has 1 unspecified atom stereocenters. The number of rotatable bonds is 5. The fraction of sp³-hybridized carbons (Fsp3) is 0.600. The van der Waals surface area contributed by atoms with Gasteiger partial charge in [-0.25, -0.2) is 4.79 Å². The van der Waals surface area contributed by atoms with Crippen molar-refractivity contribution in [1.29, 1.82) is 0 Å². The zero-order valence-corrected chi connectivity index (χ0v) is 8.17. The van der Waals surface area contributed by atoms with Crippen LogP contribution in [-0.2, 0) is 9.53 Å². The molecule has 3 nitrogen and oxygen atoms in total. The van der Waals surface area contributed by atoms with Gasteiger partial charge in [0.25, 0.3) is 0 Å². The number of carbonyl (C=O) groups excluding carboxylic acids is 1. The summed E-state index contributed by atoms with van der Waals surface area (Å²) in [5.41, 5.74) is 2.54. The lowest BCUT2D eigenvalue weighted by Gasteiger charge is -2.10. The molecule has 0 saturated heterocycles. The third kappa shape index (κ3) is 3.92. The topological polar surface area (TPSA) is 46.5 Å². The molecule has 0 bridgehead atoms. The number of ether oxygens (including phenoxy) is 1. The van der Waals surface area contributed by atoms with E-state index in [0.29, 0.717) is 13.0 Å². The first kappa shape index (κ1) is 11.9. The van der Waals surface area contributed by atoms with Gasteiger partial charge in [0.2, 0.25) is 0 Å². The van der Waals surface area contributed by atoms with Crippen LogP contribution in [0.1, 0.15) is 26.7 Å². The van der Waals surface area contributed by atoms with Crippen LogP contribution < -0.4 is 0 Å². The Morgan fingerprint density at radius 1 is 1.62 bits per heavy atom. The summed E-state index contributed by atoms with van der Waals surface area (Å²) < 4.78 is 4.72. The van der Waals surface area contributed by atoms with Crippen molar-refractivity contribution in [2.75, 3.05) is 6.61 Å². The van der Waals surface area contributed by atoms with Crippen LogP contribution in [0.4, 0.5) is 0 Å². The van der Waals surface area contributed by atoms with E-state index in [9.17, 15) is 9.90 Å². The van der Waals surface area contributed by atoms with Gasteiger partial charge < -0.3 is 9.84 Å². The fourth-order valence-corrected chi connectivity index (χ4v) is 0.953. The summed E-state index contributed by atoms with van der Waals surface area (Å²) in [6, 6.07) is 0. The van der Waals surface area contributed by atoms with Crippen molar-refractivity contribution >= 4 is 5.97 Å². The SMILES string of the molecule is C=C=C(C(=O)OCC)C(O)CCC. The van der Waals surface area contributed by atoms with Crippen molar-refractivity contribution in [3.8, 4) is 0 Å². The van der Waals surface area contributed by atoms with E-state index < -0.39 is 12.1 Å². The van der Waals surface area contributed by atoms with Gasteiger partial charge in [-0.15, -0.1) is 5.73 Å². The predicted molar refractivity (Wildman–Crippen MR) is 50.2 cm³/mol. The molecule has 0 aliphatic heterocycles. The molecule has 0 aliphatic rings. The van der Waals surface area contributed by atoms with E-state index in [1.807, 2.05) is 6.92 Å². The average Bonchev–Trinajstić information content (AvgIpc) is 2.06. The normalized spacial score (nSPS) is 11.6. The average molecular weight is 184 g/mol. The van der Waals surface area contributed by atoms with Crippen molar-refractivity contribution in [2.24, 2.45) is 0 Å². The summed E-state index contributed by atoms with van der Waals surface area (Å²) in [4.78, 5) is 11.2. The Labute approximate surface area is 78.7 Å². The van der Waals surface area contributed by atoms with Gasteiger partial charge >= 0.3 is 5.97 Å². The van der Waals surface area contributed by atoms with Crippen LogP contribution in [0.3, 0.4) is 0 Å². The van der Waals surface area contributed by atoms with Gasteiger partial charge in [0.1, 0.15) is 5.57 Å². The molecule has 3 heteroatoms. The number of hydrogen-bond donors (Lipinski definition) is 1. The van der Waals surface area contributed by atoms with Gasteiger partial charge in [-0.2, -0.15) is 0 Å². The van der Waals surface area contributed by atoms with Gasteiger partial charge in [0.05, 0.1) is 12.7 Å². The van der Waals surface area contributed by atoms with Crippen molar-refractivity contribution in [3.63, 3.8) is 0 Å². The molecule has 13 heavy (non-hydrogen) atoms. The van der Waals surface area contributed by atoms with Crippen molar-refractivity contribution in [3.05, 3.63) is 17.9 Å². The standard InChI is InChI=1S/C10H16O3/c1-4-7-9(11)8(5-2)10(12)13-6-3/h9,11H,2,4,6-7H2,1,3H3. The van der Waals surface area contributed by atoms with Crippen molar-refractivity contribution in [2.45, 2.75) is 32.8 Å². The molecular weight excluding hydrogens is 168 g/mol. The van der Waals surface area contributed by atoms with Crippen LogP contribution >= 0.6 is 0 Å². The number of aliphatic hydroxyl groups is 1. The minimum absolute atomic E-state index is 0.128. The highest BCUT2D eigenvalue weighted by molar-refractivity contribution is 5.89. The molecule has 1 N–H and O–H groups in total. The second kappa shape index (κ2) is 6.46. The smallest absolute Gasteiger partial charge is 0.344 e. The largest absolute Gasteiger partial charge is 0.462 e. The molecule has 1 atom stereocenters. The Balaban J connectivity index is 4.34. The maximum Gasteiger partial charge on any atom is 0.344 e. The van der Waals surface area contributed by atoms with E-state index >= 15 is 0 Å². The van der Waals surface area contributed by atoms with Crippen LogP contribution in [0.5, 0.6) is 0 Å². The molecule has 0 heterocycles. The third-order valence-electron chi connectivity index (χ3n) is 1.58. The summed E-state index contributed by atoms with van der Waals surface area (Å²) in [6.45, 7) is 7.28. The minimum atomic E-state index is -0.804. The van der Waals surface area contributed by atoms with E-state index in [4.69, 9.17) is 4.74 Å². The molecule has 0 aromatic carbocycles. The lowest BCUT2D eigenvalue weighted by molar-refractivity contribution is -0.139. The Morgan fingerprint density at radius 2 is 2.23 bits per heavy atom. The summed E-state index contributed by atoms with van der Waals surface area (Å²) >= 11 is 0. The first-order valence-electron chi connectivity index (χ1n) is 4.42. The zero-order valence-electron chi connectivity index (χ0n) is 8.17. The fourth-order valence-electron chi connectivity index (χ4n) is 0.953. The highest BCUT2D eigenvalue weighted by atomic mass is 16.5. The summed E-state index contributed by atoms with van der Waals surface area (Å²) in [5, 5.41) is 9.47. The Hall–Kier alpha value is -1.05. The first-order chi connectivity index (χ1) is 6.17. The lowest BCUT2D eigenvalue weighted by atomic mass is 10.1. The van der Waals surface area contributed by atoms with Gasteiger partial charge in [-0.05, 0) is 13.3 Å². The van der Waals surface area contributed by atoms with Crippen LogP contribution in [0.2, 0.25) is 0 Å². The number of aliphatic hydroxyl groups excluding tert-OH is 1. The Bertz CT molecular complexity index is 214. The van der Waals surface area contributed by atoms with E-state index in [0.717, 1.165) is 6.42 Å². The number of carbonyl (C=O) groups is 1. The molecule has 0 spiro atoms. The summed E-state index contributed by atoms with van der Waals surface area (Å²) in [5.74, 6) is -0.529. The third-order valence-corrected chi connectivity index (χ3v) is 1.58. The van der Waals surface area contributed by atoms with Crippen molar-refractivity contribution in [1.82, 2.24) is 0 Å². The number of hydrogen-bond acceptors (Lipinski definition) is 3. The van der Waals surface area contributed by atoms with Crippen LogP contribution in [0, 0.1) is 0 Å². The van der Waals surface area contributed by atoms with Crippen LogP contribution in [0.25, 0.3) is 0 Å². The number of esters is 1. The molecule has 0 fully saturated rings. The Kier molecular flexibility index (Phi) is 5.94. The van der Waals surface area contributed by atoms with Gasteiger partial charge in [0.15, 0.2) is 0 Å². The highest BCUT2D eigenvalue weighted by Crippen LogP contribution is 2.08. The molecule has 0 amide bonds. The van der Waals surface area contributed by atoms with Gasteiger partial charge in [-0.1, -0.05) is 19.9 Å². The van der Waals surface area contributed by atoms with Crippen LogP contribution in [-0.4, -0.2) is 23.8 Å². The highest BCUT2D eigenvalue weighted by Gasteiger charge is 2.18. The van der Waals surface area contributed by atoms with E-state index in [-0.39, 0.29) is 5.57 Å². The summed E-state index contributed by atoms with van der Waals surface area (Å²) in [7, 11) is 0. The molecule has 0 radical (unpaired) electrons. The van der Waals surface area contributed by atoms with Crippen molar-refractivity contribution < 1.29 is 14.6 Å². The van der Waals surface area contributed by atoms with E-state index in [1.165, 1.54) is 0 Å². The molecule has 0 rings (SSSR count). The molecule has 74 valence electrons. The first-order valence-corrected chi connectivity index (χ1v) is 4.42. The van der Waals surface area contributed by atoms with Crippen LogP contribution in [0.15, 0.2) is 17.9 Å². The lowest BCUT2D eigenvalue weighted by Crippen LogP contribution is -2.19. The van der Waals surface area contributed by atoms with Gasteiger partial charge in [-0.3, -0.25) is 0 Å². The second-order valence-electron chi connectivity index (χ2n) is 2.62. The quantitative estimate of drug-likeness (QED) is 0.399. The molecule has 0 saturated carbocycles.